The van der Waals surface area contributed by atoms with Crippen molar-refractivity contribution in [1.29, 1.82) is 0 Å². The fraction of sp³-hybridized carbons (Fsp3) is 0.917. The highest BCUT2D eigenvalue weighted by atomic mass is 16.6. The lowest BCUT2D eigenvalue weighted by Gasteiger charge is -2.40. The molecule has 2 rings (SSSR count). The van der Waals surface area contributed by atoms with Gasteiger partial charge in [0.2, 0.25) is 0 Å². The Hall–Kier alpha value is -0.810. The fourth-order valence-electron chi connectivity index (χ4n) is 2.21. The van der Waals surface area contributed by atoms with Crippen LogP contribution in [0.5, 0.6) is 0 Å². The van der Waals surface area contributed by atoms with Crippen LogP contribution in [0, 0.1) is 0 Å². The number of carbonyl (C=O) groups excluding carboxylic acids is 1. The molecule has 0 bridgehead atoms. The minimum Gasteiger partial charge on any atom is -0.444 e. The van der Waals surface area contributed by atoms with Crippen LogP contribution >= 0.6 is 0 Å². The van der Waals surface area contributed by atoms with Crippen LogP contribution in [0.3, 0.4) is 0 Å². The summed E-state index contributed by atoms with van der Waals surface area (Å²) >= 11 is 0. The lowest BCUT2D eigenvalue weighted by atomic mass is 10.1. The molecule has 5 heteroatoms. The molecule has 2 fully saturated rings. The molecule has 1 atom stereocenters. The topological polar surface area (TPSA) is 61.8 Å². The van der Waals surface area contributed by atoms with Crippen LogP contribution in [0.2, 0.25) is 0 Å². The standard InChI is InChI=1S/C12H22N2O3/c1-11(2,3)17-10(16)14-6-9(7-15)13-8-12(14)4-5-12/h9,13,15H,4-8H2,1-3H3/t9-/m0/s1. The summed E-state index contributed by atoms with van der Waals surface area (Å²) in [6.45, 7) is 6.96. The first-order chi connectivity index (χ1) is 7.86. The van der Waals surface area contributed by atoms with Crippen LogP contribution < -0.4 is 5.32 Å². The van der Waals surface area contributed by atoms with E-state index >= 15 is 0 Å². The molecule has 1 saturated heterocycles. The Bertz CT molecular complexity index is 307. The molecule has 0 aromatic heterocycles. The molecule has 0 unspecified atom stereocenters. The molecule has 2 N–H and O–H groups in total. The third-order valence-electron chi connectivity index (χ3n) is 3.36. The van der Waals surface area contributed by atoms with E-state index in [0.717, 1.165) is 19.4 Å². The van der Waals surface area contributed by atoms with Crippen molar-refractivity contribution in [2.45, 2.75) is 50.8 Å². The monoisotopic (exact) mass is 242 g/mol. The van der Waals surface area contributed by atoms with E-state index in [1.807, 2.05) is 20.8 Å². The number of nitrogens with zero attached hydrogens (tertiary/aromatic N) is 1. The van der Waals surface area contributed by atoms with Crippen LogP contribution in [0.15, 0.2) is 0 Å². The molecule has 0 aromatic rings. The second-order valence-corrected chi connectivity index (χ2v) is 6.08. The van der Waals surface area contributed by atoms with E-state index < -0.39 is 5.60 Å². The SMILES string of the molecule is CC(C)(C)OC(=O)N1C[C@@H](CO)NCC12CC2. The molecule has 1 amide bonds. The Kier molecular flexibility index (Phi) is 3.08. The van der Waals surface area contributed by atoms with Crippen molar-refractivity contribution >= 4 is 6.09 Å². The van der Waals surface area contributed by atoms with E-state index in [4.69, 9.17) is 4.74 Å². The van der Waals surface area contributed by atoms with Crippen LogP contribution in [-0.2, 0) is 4.74 Å². The number of amides is 1. The number of aliphatic hydroxyl groups excluding tert-OH is 1. The second-order valence-electron chi connectivity index (χ2n) is 6.08. The predicted molar refractivity (Wildman–Crippen MR) is 63.8 cm³/mol. The zero-order valence-corrected chi connectivity index (χ0v) is 10.8. The van der Waals surface area contributed by atoms with Gasteiger partial charge < -0.3 is 15.2 Å². The van der Waals surface area contributed by atoms with Gasteiger partial charge in [-0.05, 0) is 33.6 Å². The first-order valence-electron chi connectivity index (χ1n) is 6.21. The van der Waals surface area contributed by atoms with E-state index in [1.165, 1.54) is 0 Å². The average Bonchev–Trinajstić information content (AvgIpc) is 2.97. The summed E-state index contributed by atoms with van der Waals surface area (Å²) in [4.78, 5) is 13.9. The highest BCUT2D eigenvalue weighted by Crippen LogP contribution is 2.43. The third-order valence-corrected chi connectivity index (χ3v) is 3.36. The van der Waals surface area contributed by atoms with Gasteiger partial charge in [0, 0.05) is 19.1 Å². The van der Waals surface area contributed by atoms with Crippen molar-refractivity contribution in [1.82, 2.24) is 10.2 Å². The van der Waals surface area contributed by atoms with Gasteiger partial charge in [0.15, 0.2) is 0 Å². The number of aliphatic hydroxyl groups is 1. The maximum Gasteiger partial charge on any atom is 0.410 e. The Balaban J connectivity index is 2.03. The van der Waals surface area contributed by atoms with Gasteiger partial charge in [0.25, 0.3) is 0 Å². The third kappa shape index (κ3) is 2.72. The lowest BCUT2D eigenvalue weighted by Crippen LogP contribution is -2.61. The Morgan fingerprint density at radius 3 is 2.65 bits per heavy atom. The molecule has 5 nitrogen and oxygen atoms in total. The van der Waals surface area contributed by atoms with Crippen LogP contribution in [0.4, 0.5) is 4.79 Å². The Labute approximate surface area is 102 Å². The molecule has 1 aliphatic heterocycles. The van der Waals surface area contributed by atoms with Gasteiger partial charge in [-0.1, -0.05) is 0 Å². The number of hydrogen-bond donors (Lipinski definition) is 2. The number of ether oxygens (including phenoxy) is 1. The highest BCUT2D eigenvalue weighted by Gasteiger charge is 2.53. The van der Waals surface area contributed by atoms with Gasteiger partial charge in [-0.15, -0.1) is 0 Å². The van der Waals surface area contributed by atoms with E-state index in [1.54, 1.807) is 4.90 Å². The molecule has 17 heavy (non-hydrogen) atoms. The van der Waals surface area contributed by atoms with Crippen LogP contribution in [0.25, 0.3) is 0 Å². The molecule has 98 valence electrons. The summed E-state index contributed by atoms with van der Waals surface area (Å²) in [5.41, 5.74) is -0.513. The summed E-state index contributed by atoms with van der Waals surface area (Å²) in [5, 5.41) is 12.4. The molecule has 1 saturated carbocycles. The molecule has 0 radical (unpaired) electrons. The summed E-state index contributed by atoms with van der Waals surface area (Å²) in [5.74, 6) is 0. The Morgan fingerprint density at radius 2 is 2.18 bits per heavy atom. The normalized spacial score (nSPS) is 27.1. The number of piperazine rings is 1. The van der Waals surface area contributed by atoms with Crippen molar-refractivity contribution < 1.29 is 14.6 Å². The summed E-state index contributed by atoms with van der Waals surface area (Å²) < 4.78 is 5.42. The molecular weight excluding hydrogens is 220 g/mol. The second kappa shape index (κ2) is 4.14. The van der Waals surface area contributed by atoms with E-state index in [-0.39, 0.29) is 24.3 Å². The molecule has 2 aliphatic rings. The smallest absolute Gasteiger partial charge is 0.410 e. The zero-order valence-electron chi connectivity index (χ0n) is 10.8. The number of nitrogens with one attached hydrogen (secondary N) is 1. The summed E-state index contributed by atoms with van der Waals surface area (Å²) in [7, 11) is 0. The Morgan fingerprint density at radius 1 is 1.53 bits per heavy atom. The first-order valence-corrected chi connectivity index (χ1v) is 6.21. The van der Waals surface area contributed by atoms with Gasteiger partial charge in [-0.3, -0.25) is 4.90 Å². The lowest BCUT2D eigenvalue weighted by molar-refractivity contribution is 0.000177. The maximum absolute atomic E-state index is 12.1. The largest absolute Gasteiger partial charge is 0.444 e. The van der Waals surface area contributed by atoms with Crippen molar-refractivity contribution in [2.24, 2.45) is 0 Å². The van der Waals surface area contributed by atoms with E-state index in [9.17, 15) is 9.90 Å². The molecule has 1 aliphatic carbocycles. The first kappa shape index (κ1) is 12.6. The zero-order chi connectivity index (χ0) is 12.7. The minimum atomic E-state index is -0.466. The quantitative estimate of drug-likeness (QED) is 0.711. The number of carbonyl (C=O) groups is 1. The van der Waals surface area contributed by atoms with Gasteiger partial charge in [0.05, 0.1) is 12.1 Å². The summed E-state index contributed by atoms with van der Waals surface area (Å²) in [6.07, 6.45) is 1.80. The van der Waals surface area contributed by atoms with E-state index in [2.05, 4.69) is 5.32 Å². The number of rotatable bonds is 1. The van der Waals surface area contributed by atoms with E-state index in [0.29, 0.717) is 6.54 Å². The minimum absolute atomic E-state index is 0.0336. The average molecular weight is 242 g/mol. The van der Waals surface area contributed by atoms with Crippen molar-refractivity contribution in [3.8, 4) is 0 Å². The highest BCUT2D eigenvalue weighted by molar-refractivity contribution is 5.70. The fourth-order valence-corrected chi connectivity index (χ4v) is 2.21. The van der Waals surface area contributed by atoms with Gasteiger partial charge in [0.1, 0.15) is 5.60 Å². The predicted octanol–water partition coefficient (Wildman–Crippen LogP) is 0.720. The number of hydrogen-bond acceptors (Lipinski definition) is 4. The van der Waals surface area contributed by atoms with Crippen LogP contribution in [0.1, 0.15) is 33.6 Å². The maximum atomic E-state index is 12.1. The van der Waals surface area contributed by atoms with Crippen LogP contribution in [-0.4, -0.2) is 53.0 Å². The van der Waals surface area contributed by atoms with Gasteiger partial charge >= 0.3 is 6.09 Å². The van der Waals surface area contributed by atoms with Crippen molar-refractivity contribution in [3.63, 3.8) is 0 Å². The summed E-state index contributed by atoms with van der Waals surface area (Å²) in [6, 6.07) is -0.0336. The van der Waals surface area contributed by atoms with Crippen molar-refractivity contribution in [2.75, 3.05) is 19.7 Å². The molecular formula is C12H22N2O3. The van der Waals surface area contributed by atoms with Gasteiger partial charge in [-0.2, -0.15) is 0 Å². The van der Waals surface area contributed by atoms with Crippen molar-refractivity contribution in [3.05, 3.63) is 0 Å². The van der Waals surface area contributed by atoms with Gasteiger partial charge in [-0.25, -0.2) is 4.79 Å². The molecule has 0 aromatic carbocycles. The molecule has 1 heterocycles. The molecule has 1 spiro atoms.